The van der Waals surface area contributed by atoms with Crippen LogP contribution in [0.15, 0.2) is 12.7 Å². The maximum Gasteiger partial charge on any atom is 1.00 e. The van der Waals surface area contributed by atoms with E-state index in [0.717, 1.165) is 6.33 Å². The summed E-state index contributed by atoms with van der Waals surface area (Å²) in [7, 11) is -5.24. The number of aromatic nitrogens is 4. The Bertz CT molecular complexity index is 772. The van der Waals surface area contributed by atoms with Crippen molar-refractivity contribution >= 4 is 19.0 Å². The predicted octanol–water partition coefficient (Wildman–Crippen LogP) is -9.00. The number of fused-ring (bicyclic) bond motifs is 1. The number of aliphatic hydroxyl groups is 2. The third-order valence-electron chi connectivity index (χ3n) is 3.35. The Morgan fingerprint density at radius 2 is 1.92 bits per heavy atom. The van der Waals surface area contributed by atoms with Gasteiger partial charge >= 0.3 is 103 Å². The van der Waals surface area contributed by atoms with Crippen LogP contribution in [0.5, 0.6) is 5.88 Å². The number of ether oxygens (including phenoxy) is 1. The minimum absolute atomic E-state index is 0. The van der Waals surface area contributed by atoms with E-state index < -0.39 is 39.0 Å². The molecule has 1 aliphatic rings. The molecule has 15 heteroatoms. The fraction of sp³-hybridized carbons (Fsp3) is 0.500. The van der Waals surface area contributed by atoms with Crippen molar-refractivity contribution in [3.05, 3.63) is 12.7 Å². The largest absolute Gasteiger partial charge is 1.00 e. The third-order valence-corrected chi connectivity index (χ3v) is 3.81. The summed E-state index contributed by atoms with van der Waals surface area (Å²) in [5, 5.41) is 29.5. The number of imidazole rings is 1. The molecule has 0 unspecified atom stereocenters. The van der Waals surface area contributed by atoms with Gasteiger partial charge in [0, 0.05) is 0 Å². The molecule has 2 aromatic rings. The van der Waals surface area contributed by atoms with Crippen LogP contribution in [-0.4, -0.2) is 59.8 Å². The van der Waals surface area contributed by atoms with Crippen molar-refractivity contribution < 1.29 is 142 Å². The van der Waals surface area contributed by atoms with Crippen molar-refractivity contribution in [3.63, 3.8) is 0 Å². The van der Waals surface area contributed by atoms with E-state index in [0.29, 0.717) is 0 Å². The van der Waals surface area contributed by atoms with Crippen LogP contribution in [0.3, 0.4) is 0 Å². The van der Waals surface area contributed by atoms with E-state index in [4.69, 9.17) is 4.74 Å². The van der Waals surface area contributed by atoms with Crippen molar-refractivity contribution in [2.75, 3.05) is 6.61 Å². The molecule has 3 N–H and O–H groups in total. The summed E-state index contributed by atoms with van der Waals surface area (Å²) in [4.78, 5) is 32.3. The summed E-state index contributed by atoms with van der Waals surface area (Å²) >= 11 is 0. The number of aromatic hydroxyl groups is 1. The van der Waals surface area contributed by atoms with E-state index in [9.17, 15) is 29.7 Å². The molecule has 25 heavy (non-hydrogen) atoms. The average Bonchev–Trinajstić information content (AvgIpc) is 3.01. The Hall–Kier alpha value is 1.61. The molecule has 2 aromatic heterocycles. The van der Waals surface area contributed by atoms with Crippen LogP contribution in [0.4, 0.5) is 0 Å². The Morgan fingerprint density at radius 1 is 1.24 bits per heavy atom. The van der Waals surface area contributed by atoms with E-state index in [1.165, 1.54) is 10.9 Å². The van der Waals surface area contributed by atoms with Crippen molar-refractivity contribution in [2.24, 2.45) is 0 Å². The van der Waals surface area contributed by atoms with Crippen LogP contribution in [0, 0.1) is 0 Å². The summed E-state index contributed by atoms with van der Waals surface area (Å²) in [5.41, 5.74) is 0.190. The summed E-state index contributed by atoms with van der Waals surface area (Å²) in [6.45, 7) is -0.744. The Kier molecular flexibility index (Phi) is 9.75. The molecule has 126 valence electrons. The monoisotopic (exact) mass is 424 g/mol. The third kappa shape index (κ3) is 5.57. The molecule has 3 rings (SSSR count). The van der Waals surface area contributed by atoms with Gasteiger partial charge in [0.2, 0.25) is 5.88 Å². The van der Waals surface area contributed by atoms with E-state index in [1.807, 2.05) is 0 Å². The summed E-state index contributed by atoms with van der Waals surface area (Å²) in [5.74, 6) is -0.375. The van der Waals surface area contributed by atoms with Gasteiger partial charge in [-0.25, -0.2) is 9.97 Å². The first kappa shape index (κ1) is 24.7. The molecule has 0 saturated carbocycles. The summed E-state index contributed by atoms with van der Waals surface area (Å²) in [6, 6.07) is 0. The molecule has 0 aliphatic carbocycles. The Labute approximate surface area is 226 Å². The first-order valence-corrected chi connectivity index (χ1v) is 7.78. The Balaban J connectivity index is 0.00000156. The molecular formula is C10H11K2N4O8P. The van der Waals surface area contributed by atoms with Crippen molar-refractivity contribution in [1.29, 1.82) is 0 Å². The SMILES string of the molecule is O=P([O-])([O-])OC[C@H]1O[C@@H](n2cnc3c(O)ncnc32)[C@H](O)[C@@H]1O.[K+].[K+]. The standard InChI is InChI=1S/C10H13N4O8P.2K/c15-6-4(1-21-23(18,19)20)22-10(7(6)16)14-3-13-5-8(14)11-2-12-9(5)17;;/h2-4,6-7,10,15-16H,1H2,(H,11,12,17)(H2,18,19,20);;/q;2*+1/p-2/t4-,6-,7-,10-;;/m1../s1. The maximum atomic E-state index is 10.5. The molecule has 1 aliphatic heterocycles. The minimum Gasteiger partial charge on any atom is -0.790 e. The molecule has 0 radical (unpaired) electrons. The fourth-order valence-corrected chi connectivity index (χ4v) is 2.62. The first-order valence-electron chi connectivity index (χ1n) is 6.32. The number of hydrogen-bond acceptors (Lipinski definition) is 11. The summed E-state index contributed by atoms with van der Waals surface area (Å²) in [6.07, 6.45) is -3.11. The van der Waals surface area contributed by atoms with Crippen LogP contribution in [0.2, 0.25) is 0 Å². The van der Waals surface area contributed by atoms with E-state index >= 15 is 0 Å². The number of nitrogens with zero attached hydrogens (tertiary/aromatic N) is 4. The molecule has 0 amide bonds. The van der Waals surface area contributed by atoms with E-state index in [1.54, 1.807) is 0 Å². The second kappa shape index (κ2) is 9.89. The number of phosphoric ester groups is 1. The summed E-state index contributed by atoms with van der Waals surface area (Å²) < 4.78 is 21.1. The number of aliphatic hydroxyl groups excluding tert-OH is 2. The number of rotatable bonds is 4. The van der Waals surface area contributed by atoms with Gasteiger partial charge in [0.05, 0.1) is 20.8 Å². The van der Waals surface area contributed by atoms with E-state index in [-0.39, 0.29) is 120 Å². The second-order valence-corrected chi connectivity index (χ2v) is 5.96. The number of hydrogen-bond donors (Lipinski definition) is 3. The van der Waals surface area contributed by atoms with Crippen LogP contribution >= 0.6 is 7.82 Å². The molecule has 0 aromatic carbocycles. The van der Waals surface area contributed by atoms with Gasteiger partial charge in [-0.05, 0) is 0 Å². The van der Waals surface area contributed by atoms with Crippen LogP contribution in [0.25, 0.3) is 11.2 Å². The fourth-order valence-electron chi connectivity index (χ4n) is 2.29. The van der Waals surface area contributed by atoms with Gasteiger partial charge in [-0.1, -0.05) is 0 Å². The second-order valence-electron chi connectivity index (χ2n) is 4.81. The zero-order valence-electron chi connectivity index (χ0n) is 13.3. The molecule has 4 atom stereocenters. The van der Waals surface area contributed by atoms with E-state index in [2.05, 4.69) is 19.5 Å². The smallest absolute Gasteiger partial charge is 0.790 e. The zero-order chi connectivity index (χ0) is 16.8. The van der Waals surface area contributed by atoms with Gasteiger partial charge in [0.1, 0.15) is 24.6 Å². The predicted molar refractivity (Wildman–Crippen MR) is 66.5 cm³/mol. The van der Waals surface area contributed by atoms with Crippen molar-refractivity contribution in [2.45, 2.75) is 24.5 Å². The molecule has 0 bridgehead atoms. The van der Waals surface area contributed by atoms with Crippen LogP contribution in [-0.2, 0) is 13.8 Å². The Morgan fingerprint density at radius 3 is 2.56 bits per heavy atom. The normalized spacial score (nSPS) is 26.2. The topological polar surface area (TPSA) is 186 Å². The van der Waals surface area contributed by atoms with Gasteiger partial charge in [-0.15, -0.1) is 0 Å². The van der Waals surface area contributed by atoms with Gasteiger partial charge in [0.25, 0.3) is 0 Å². The quantitative estimate of drug-likeness (QED) is 0.312. The number of phosphoric acid groups is 1. The van der Waals surface area contributed by atoms with Gasteiger partial charge in [0.15, 0.2) is 17.4 Å². The molecular weight excluding hydrogens is 413 g/mol. The van der Waals surface area contributed by atoms with Crippen molar-refractivity contribution in [3.8, 4) is 5.88 Å². The van der Waals surface area contributed by atoms with Gasteiger partial charge < -0.3 is 38.9 Å². The first-order chi connectivity index (χ1) is 10.8. The maximum absolute atomic E-state index is 10.5. The average molecular weight is 424 g/mol. The van der Waals surface area contributed by atoms with Crippen LogP contribution in [0.1, 0.15) is 6.23 Å². The molecule has 12 nitrogen and oxygen atoms in total. The van der Waals surface area contributed by atoms with Crippen molar-refractivity contribution in [1.82, 2.24) is 19.5 Å². The molecule has 1 fully saturated rings. The van der Waals surface area contributed by atoms with Gasteiger partial charge in [-0.3, -0.25) is 4.57 Å². The minimum atomic E-state index is -5.24. The van der Waals surface area contributed by atoms with Crippen LogP contribution < -0.4 is 113 Å². The molecule has 0 spiro atoms. The molecule has 1 saturated heterocycles. The zero-order valence-corrected chi connectivity index (χ0v) is 20.4. The molecule has 3 heterocycles. The van der Waals surface area contributed by atoms with Gasteiger partial charge in [-0.2, -0.15) is 4.98 Å².